The standard InChI is InChI=1S/C21H14N2O2S/c1-2-25-21(24)19-9-14-11-23-12-18(20(14)26-19)17-8-7-13(10-22)15-5-3-4-6-16(15)17/h3-9,11-12H,2H2,1H3. The molecule has 0 amide bonds. The first kappa shape index (κ1) is 16.2. The highest BCUT2D eigenvalue weighted by Gasteiger charge is 2.16. The van der Waals surface area contributed by atoms with Crippen molar-refractivity contribution in [2.24, 2.45) is 0 Å². The lowest BCUT2D eigenvalue weighted by atomic mass is 9.96. The first-order valence-corrected chi connectivity index (χ1v) is 9.01. The number of carbonyl (C=O) groups excluding carboxylic acids is 1. The Bertz CT molecular complexity index is 1190. The van der Waals surface area contributed by atoms with E-state index in [1.54, 1.807) is 13.1 Å². The van der Waals surface area contributed by atoms with E-state index in [1.807, 2.05) is 48.7 Å². The van der Waals surface area contributed by atoms with Crippen molar-refractivity contribution in [1.82, 2.24) is 4.98 Å². The Hall–Kier alpha value is -3.23. The maximum absolute atomic E-state index is 12.1. The van der Waals surface area contributed by atoms with Crippen LogP contribution in [0.25, 0.3) is 32.0 Å². The Labute approximate surface area is 154 Å². The Kier molecular flexibility index (Phi) is 4.11. The summed E-state index contributed by atoms with van der Waals surface area (Å²) in [6.45, 7) is 2.14. The van der Waals surface area contributed by atoms with Gasteiger partial charge in [0, 0.05) is 33.4 Å². The van der Waals surface area contributed by atoms with Gasteiger partial charge in [0.1, 0.15) is 4.88 Å². The van der Waals surface area contributed by atoms with Crippen LogP contribution in [0, 0.1) is 11.3 Å². The van der Waals surface area contributed by atoms with Crippen LogP contribution in [-0.4, -0.2) is 17.6 Å². The third-order valence-corrected chi connectivity index (χ3v) is 5.40. The molecule has 0 aliphatic heterocycles. The zero-order chi connectivity index (χ0) is 18.1. The lowest BCUT2D eigenvalue weighted by Crippen LogP contribution is -2.01. The van der Waals surface area contributed by atoms with Crippen molar-refractivity contribution >= 4 is 38.2 Å². The van der Waals surface area contributed by atoms with Crippen molar-refractivity contribution in [3.05, 3.63) is 65.3 Å². The van der Waals surface area contributed by atoms with Gasteiger partial charge in [0.2, 0.25) is 0 Å². The minimum Gasteiger partial charge on any atom is -0.462 e. The quantitative estimate of drug-likeness (QED) is 0.474. The lowest BCUT2D eigenvalue weighted by molar-refractivity contribution is 0.0532. The first-order chi connectivity index (χ1) is 12.7. The van der Waals surface area contributed by atoms with Crippen molar-refractivity contribution < 1.29 is 9.53 Å². The van der Waals surface area contributed by atoms with Crippen LogP contribution in [0.5, 0.6) is 0 Å². The van der Waals surface area contributed by atoms with Crippen LogP contribution in [0.2, 0.25) is 0 Å². The fourth-order valence-corrected chi connectivity index (χ4v) is 4.14. The lowest BCUT2D eigenvalue weighted by Gasteiger charge is -2.09. The van der Waals surface area contributed by atoms with E-state index in [9.17, 15) is 10.1 Å². The van der Waals surface area contributed by atoms with Crippen molar-refractivity contribution in [1.29, 1.82) is 5.26 Å². The van der Waals surface area contributed by atoms with E-state index in [-0.39, 0.29) is 5.97 Å². The molecule has 0 spiro atoms. The molecule has 5 heteroatoms. The molecule has 0 radical (unpaired) electrons. The number of fused-ring (bicyclic) bond motifs is 2. The monoisotopic (exact) mass is 358 g/mol. The summed E-state index contributed by atoms with van der Waals surface area (Å²) in [5, 5.41) is 12.2. The molecule has 0 bridgehead atoms. The fourth-order valence-electron chi connectivity index (χ4n) is 3.09. The Morgan fingerprint density at radius 2 is 1.96 bits per heavy atom. The molecule has 0 aliphatic carbocycles. The zero-order valence-corrected chi connectivity index (χ0v) is 14.8. The third-order valence-electron chi connectivity index (χ3n) is 4.23. The number of pyridine rings is 1. The number of hydrogen-bond acceptors (Lipinski definition) is 5. The molecule has 4 rings (SSSR count). The highest BCUT2D eigenvalue weighted by atomic mass is 32.1. The van der Waals surface area contributed by atoms with Crippen molar-refractivity contribution in [2.45, 2.75) is 6.92 Å². The third kappa shape index (κ3) is 2.61. The number of aromatic nitrogens is 1. The average Bonchev–Trinajstić information content (AvgIpc) is 3.12. The molecule has 0 aliphatic rings. The van der Waals surface area contributed by atoms with E-state index in [0.29, 0.717) is 17.0 Å². The van der Waals surface area contributed by atoms with Gasteiger partial charge in [-0.05, 0) is 30.0 Å². The highest BCUT2D eigenvalue weighted by molar-refractivity contribution is 7.21. The van der Waals surface area contributed by atoms with Crippen LogP contribution in [-0.2, 0) is 4.74 Å². The minimum atomic E-state index is -0.315. The van der Waals surface area contributed by atoms with Crippen molar-refractivity contribution in [2.75, 3.05) is 6.61 Å². The highest BCUT2D eigenvalue weighted by Crippen LogP contribution is 2.38. The van der Waals surface area contributed by atoms with Crippen LogP contribution < -0.4 is 0 Å². The predicted octanol–water partition coefficient (Wildman–Crippen LogP) is 5.16. The van der Waals surface area contributed by atoms with Gasteiger partial charge in [0.15, 0.2) is 0 Å². The molecule has 2 aromatic heterocycles. The fraction of sp³-hybridized carbons (Fsp3) is 0.0952. The number of rotatable bonds is 3. The van der Waals surface area contributed by atoms with Crippen LogP contribution in [0.1, 0.15) is 22.2 Å². The van der Waals surface area contributed by atoms with Gasteiger partial charge >= 0.3 is 5.97 Å². The second kappa shape index (κ2) is 6.58. The topological polar surface area (TPSA) is 63.0 Å². The zero-order valence-electron chi connectivity index (χ0n) is 14.0. The molecule has 0 saturated heterocycles. The van der Waals surface area contributed by atoms with E-state index in [0.717, 1.165) is 32.0 Å². The summed E-state index contributed by atoms with van der Waals surface area (Å²) in [4.78, 5) is 17.0. The van der Waals surface area contributed by atoms with Gasteiger partial charge < -0.3 is 4.74 Å². The number of hydrogen-bond donors (Lipinski definition) is 0. The number of benzene rings is 2. The van der Waals surface area contributed by atoms with Gasteiger partial charge in [-0.15, -0.1) is 11.3 Å². The maximum Gasteiger partial charge on any atom is 0.348 e. The van der Waals surface area contributed by atoms with Crippen LogP contribution >= 0.6 is 11.3 Å². The van der Waals surface area contributed by atoms with E-state index >= 15 is 0 Å². The van der Waals surface area contributed by atoms with E-state index in [4.69, 9.17) is 4.74 Å². The van der Waals surface area contributed by atoms with Gasteiger partial charge in [-0.25, -0.2) is 4.79 Å². The molecule has 126 valence electrons. The molecule has 2 aromatic carbocycles. The number of nitrogens with zero attached hydrogens (tertiary/aromatic N) is 2. The molecule has 2 heterocycles. The van der Waals surface area contributed by atoms with Crippen LogP contribution in [0.4, 0.5) is 0 Å². The summed E-state index contributed by atoms with van der Waals surface area (Å²) < 4.78 is 6.10. The maximum atomic E-state index is 12.1. The molecule has 0 unspecified atom stereocenters. The molecule has 4 nitrogen and oxygen atoms in total. The second-order valence-electron chi connectivity index (χ2n) is 5.75. The van der Waals surface area contributed by atoms with Gasteiger partial charge in [0.25, 0.3) is 0 Å². The number of nitriles is 1. The summed E-state index contributed by atoms with van der Waals surface area (Å²) in [7, 11) is 0. The van der Waals surface area contributed by atoms with E-state index in [2.05, 4.69) is 11.1 Å². The summed E-state index contributed by atoms with van der Waals surface area (Å²) in [6.07, 6.45) is 3.56. The SMILES string of the molecule is CCOC(=O)c1cc2cncc(-c3ccc(C#N)c4ccccc34)c2s1. The number of esters is 1. The Morgan fingerprint density at radius 1 is 1.15 bits per heavy atom. The van der Waals surface area contributed by atoms with Crippen LogP contribution in [0.15, 0.2) is 54.9 Å². The molecule has 0 N–H and O–H groups in total. The molecule has 26 heavy (non-hydrogen) atoms. The summed E-state index contributed by atoms with van der Waals surface area (Å²) in [6, 6.07) is 15.7. The van der Waals surface area contributed by atoms with Crippen LogP contribution in [0.3, 0.4) is 0 Å². The van der Waals surface area contributed by atoms with E-state index in [1.165, 1.54) is 11.3 Å². The number of thiophene rings is 1. The summed E-state index contributed by atoms with van der Waals surface area (Å²) in [5.74, 6) is -0.315. The van der Waals surface area contributed by atoms with Gasteiger partial charge in [-0.3, -0.25) is 4.98 Å². The molecule has 0 saturated carbocycles. The second-order valence-corrected chi connectivity index (χ2v) is 6.81. The predicted molar refractivity (Wildman–Crippen MR) is 103 cm³/mol. The number of ether oxygens (including phenoxy) is 1. The van der Waals surface area contributed by atoms with Gasteiger partial charge in [-0.1, -0.05) is 30.3 Å². The molecule has 0 atom stereocenters. The first-order valence-electron chi connectivity index (χ1n) is 8.20. The number of carbonyl (C=O) groups is 1. The van der Waals surface area contributed by atoms with Gasteiger partial charge in [0.05, 0.1) is 18.2 Å². The Morgan fingerprint density at radius 3 is 2.73 bits per heavy atom. The van der Waals surface area contributed by atoms with Crippen molar-refractivity contribution in [3.63, 3.8) is 0 Å². The minimum absolute atomic E-state index is 0.315. The average molecular weight is 358 g/mol. The Balaban J connectivity index is 1.97. The smallest absolute Gasteiger partial charge is 0.348 e. The summed E-state index contributed by atoms with van der Waals surface area (Å²) >= 11 is 1.41. The van der Waals surface area contributed by atoms with Gasteiger partial charge in [-0.2, -0.15) is 5.26 Å². The largest absolute Gasteiger partial charge is 0.462 e. The molecular weight excluding hydrogens is 344 g/mol. The molecule has 4 aromatic rings. The molecule has 0 fully saturated rings. The summed E-state index contributed by atoms with van der Waals surface area (Å²) in [5.41, 5.74) is 2.58. The van der Waals surface area contributed by atoms with E-state index < -0.39 is 0 Å². The van der Waals surface area contributed by atoms with Crippen molar-refractivity contribution in [3.8, 4) is 17.2 Å². The normalized spacial score (nSPS) is 10.8. The molecular formula is C21H14N2O2S.